The Morgan fingerprint density at radius 1 is 1.41 bits per heavy atom. The van der Waals surface area contributed by atoms with Crippen molar-refractivity contribution in [1.82, 2.24) is 10.2 Å². The summed E-state index contributed by atoms with van der Waals surface area (Å²) in [5.41, 5.74) is 2.70. The van der Waals surface area contributed by atoms with Crippen LogP contribution in [0.5, 0.6) is 0 Å². The molecule has 0 bridgehead atoms. The molecule has 3 rings (SSSR count). The van der Waals surface area contributed by atoms with Crippen LogP contribution in [0.4, 0.5) is 5.69 Å². The first-order chi connectivity index (χ1) is 8.15. The van der Waals surface area contributed by atoms with Gasteiger partial charge in [-0.1, -0.05) is 20.3 Å². The Labute approximate surface area is 102 Å². The minimum atomic E-state index is 0.406. The first kappa shape index (κ1) is 10.6. The average Bonchev–Trinajstić information content (AvgIpc) is 2.85. The molecule has 0 radical (unpaired) electrons. The van der Waals surface area contributed by atoms with E-state index in [9.17, 15) is 0 Å². The highest BCUT2D eigenvalue weighted by Crippen LogP contribution is 2.39. The number of nitrogens with zero attached hydrogens (tertiary/aromatic N) is 1. The van der Waals surface area contributed by atoms with Crippen LogP contribution in [0, 0.1) is 5.41 Å². The van der Waals surface area contributed by atoms with E-state index < -0.39 is 0 Å². The number of rotatable bonds is 2. The fourth-order valence-corrected chi connectivity index (χ4v) is 2.82. The Morgan fingerprint density at radius 3 is 3.06 bits per heavy atom. The fraction of sp³-hybridized carbons (Fsp3) is 0.500. The van der Waals surface area contributed by atoms with Crippen molar-refractivity contribution >= 4 is 16.6 Å². The van der Waals surface area contributed by atoms with E-state index in [1.165, 1.54) is 30.3 Å². The van der Waals surface area contributed by atoms with E-state index >= 15 is 0 Å². The Kier molecular flexibility index (Phi) is 2.35. The van der Waals surface area contributed by atoms with Crippen LogP contribution in [0.15, 0.2) is 24.4 Å². The molecule has 3 heteroatoms. The molecule has 1 aliphatic rings. The van der Waals surface area contributed by atoms with E-state index in [1.807, 2.05) is 6.20 Å². The van der Waals surface area contributed by atoms with Crippen molar-refractivity contribution in [1.29, 1.82) is 0 Å². The summed E-state index contributed by atoms with van der Waals surface area (Å²) in [6.45, 7) is 4.71. The topological polar surface area (TPSA) is 40.7 Å². The molecule has 1 fully saturated rings. The number of hydrogen-bond donors (Lipinski definition) is 2. The number of anilines is 1. The number of aromatic nitrogens is 2. The second-order valence-corrected chi connectivity index (χ2v) is 5.75. The molecule has 1 aliphatic carbocycles. The molecule has 1 aromatic heterocycles. The van der Waals surface area contributed by atoms with E-state index in [0.29, 0.717) is 11.5 Å². The molecule has 1 aromatic carbocycles. The predicted molar refractivity (Wildman–Crippen MR) is 71.1 cm³/mol. The molecular formula is C14H19N3. The molecule has 3 nitrogen and oxygen atoms in total. The van der Waals surface area contributed by atoms with E-state index in [1.54, 1.807) is 0 Å². The van der Waals surface area contributed by atoms with Crippen molar-refractivity contribution in [2.45, 2.75) is 39.2 Å². The summed E-state index contributed by atoms with van der Waals surface area (Å²) >= 11 is 0. The highest BCUT2D eigenvalue weighted by molar-refractivity contribution is 5.81. The minimum Gasteiger partial charge on any atom is -0.382 e. The van der Waals surface area contributed by atoms with Crippen LogP contribution in [0.3, 0.4) is 0 Å². The van der Waals surface area contributed by atoms with Crippen LogP contribution in [-0.4, -0.2) is 16.2 Å². The molecule has 90 valence electrons. The number of nitrogens with one attached hydrogen (secondary N) is 2. The van der Waals surface area contributed by atoms with Gasteiger partial charge in [0, 0.05) is 17.1 Å². The molecule has 1 saturated carbocycles. The van der Waals surface area contributed by atoms with Crippen LogP contribution >= 0.6 is 0 Å². The van der Waals surface area contributed by atoms with Crippen LogP contribution in [0.25, 0.3) is 10.9 Å². The van der Waals surface area contributed by atoms with Gasteiger partial charge in [0.2, 0.25) is 0 Å². The maximum Gasteiger partial charge on any atom is 0.0670 e. The molecular weight excluding hydrogens is 210 g/mol. The fourth-order valence-electron chi connectivity index (χ4n) is 2.82. The number of H-pyrrole nitrogens is 1. The molecule has 1 unspecified atom stereocenters. The van der Waals surface area contributed by atoms with Gasteiger partial charge < -0.3 is 5.32 Å². The molecule has 0 amide bonds. The molecule has 0 saturated heterocycles. The zero-order chi connectivity index (χ0) is 11.9. The van der Waals surface area contributed by atoms with Gasteiger partial charge in [0.1, 0.15) is 0 Å². The molecule has 1 heterocycles. The maximum atomic E-state index is 4.05. The summed E-state index contributed by atoms with van der Waals surface area (Å²) in [5, 5.41) is 11.9. The molecule has 17 heavy (non-hydrogen) atoms. The van der Waals surface area contributed by atoms with Gasteiger partial charge in [-0.3, -0.25) is 5.10 Å². The van der Waals surface area contributed by atoms with E-state index in [4.69, 9.17) is 0 Å². The van der Waals surface area contributed by atoms with Crippen LogP contribution in [0.2, 0.25) is 0 Å². The number of aromatic amines is 1. The summed E-state index contributed by atoms with van der Waals surface area (Å²) in [6.07, 6.45) is 5.78. The third-order valence-electron chi connectivity index (χ3n) is 4.04. The van der Waals surface area contributed by atoms with Gasteiger partial charge in [0.15, 0.2) is 0 Å². The molecule has 2 aromatic rings. The summed E-state index contributed by atoms with van der Waals surface area (Å²) in [5.74, 6) is 0. The lowest BCUT2D eigenvalue weighted by molar-refractivity contribution is 0.350. The van der Waals surface area contributed by atoms with E-state index in [-0.39, 0.29) is 0 Å². The van der Waals surface area contributed by atoms with Gasteiger partial charge in [0.25, 0.3) is 0 Å². The number of fused-ring (bicyclic) bond motifs is 1. The average molecular weight is 229 g/mol. The molecule has 2 N–H and O–H groups in total. The van der Waals surface area contributed by atoms with Crippen molar-refractivity contribution in [2.75, 3.05) is 5.32 Å². The lowest BCUT2D eigenvalue weighted by Crippen LogP contribution is -2.30. The first-order valence-electron chi connectivity index (χ1n) is 6.35. The molecule has 1 atom stereocenters. The van der Waals surface area contributed by atoms with Crippen LogP contribution < -0.4 is 5.32 Å². The number of benzene rings is 1. The maximum absolute atomic E-state index is 4.05. The standard InChI is InChI=1S/C14H19N3/c1-14(2)7-3-4-13(14)16-11-6-5-10-9-15-17-12(10)8-11/h5-6,8-9,13,16H,3-4,7H2,1-2H3,(H,15,17). The van der Waals surface area contributed by atoms with Crippen molar-refractivity contribution in [3.05, 3.63) is 24.4 Å². The van der Waals surface area contributed by atoms with Crippen LogP contribution in [-0.2, 0) is 0 Å². The lowest BCUT2D eigenvalue weighted by atomic mass is 9.87. The smallest absolute Gasteiger partial charge is 0.0670 e. The summed E-state index contributed by atoms with van der Waals surface area (Å²) in [6, 6.07) is 6.99. The highest BCUT2D eigenvalue weighted by Gasteiger charge is 2.34. The third-order valence-corrected chi connectivity index (χ3v) is 4.04. The first-order valence-corrected chi connectivity index (χ1v) is 6.35. The molecule has 0 aliphatic heterocycles. The van der Waals surface area contributed by atoms with Crippen molar-refractivity contribution in [2.24, 2.45) is 5.41 Å². The Hall–Kier alpha value is -1.51. The third kappa shape index (κ3) is 1.90. The van der Waals surface area contributed by atoms with Gasteiger partial charge >= 0.3 is 0 Å². The van der Waals surface area contributed by atoms with Gasteiger partial charge in [-0.25, -0.2) is 0 Å². The Bertz CT molecular complexity index is 527. The Morgan fingerprint density at radius 2 is 2.29 bits per heavy atom. The Balaban J connectivity index is 1.84. The normalized spacial score (nSPS) is 23.1. The summed E-state index contributed by atoms with van der Waals surface area (Å²) in [4.78, 5) is 0. The van der Waals surface area contributed by atoms with E-state index in [0.717, 1.165) is 5.52 Å². The summed E-state index contributed by atoms with van der Waals surface area (Å²) in [7, 11) is 0. The highest BCUT2D eigenvalue weighted by atomic mass is 15.1. The SMILES string of the molecule is CC1(C)CCCC1Nc1ccc2cn[nH]c2c1. The second-order valence-electron chi connectivity index (χ2n) is 5.75. The van der Waals surface area contributed by atoms with Crippen LogP contribution in [0.1, 0.15) is 33.1 Å². The zero-order valence-electron chi connectivity index (χ0n) is 10.5. The van der Waals surface area contributed by atoms with E-state index in [2.05, 4.69) is 47.6 Å². The van der Waals surface area contributed by atoms with Crippen molar-refractivity contribution < 1.29 is 0 Å². The monoisotopic (exact) mass is 229 g/mol. The minimum absolute atomic E-state index is 0.406. The van der Waals surface area contributed by atoms with Gasteiger partial charge in [0.05, 0.1) is 11.7 Å². The van der Waals surface area contributed by atoms with Crippen molar-refractivity contribution in [3.63, 3.8) is 0 Å². The number of hydrogen-bond acceptors (Lipinski definition) is 2. The summed E-state index contributed by atoms with van der Waals surface area (Å²) < 4.78 is 0. The largest absolute Gasteiger partial charge is 0.382 e. The van der Waals surface area contributed by atoms with Crippen molar-refractivity contribution in [3.8, 4) is 0 Å². The molecule has 0 spiro atoms. The quantitative estimate of drug-likeness (QED) is 0.826. The predicted octanol–water partition coefficient (Wildman–Crippen LogP) is 3.55. The second kappa shape index (κ2) is 3.76. The zero-order valence-corrected chi connectivity index (χ0v) is 10.5. The lowest BCUT2D eigenvalue weighted by Gasteiger charge is -2.28. The van der Waals surface area contributed by atoms with Gasteiger partial charge in [-0.05, 0) is 36.5 Å². The van der Waals surface area contributed by atoms with Gasteiger partial charge in [-0.15, -0.1) is 0 Å². The van der Waals surface area contributed by atoms with Gasteiger partial charge in [-0.2, -0.15) is 5.10 Å².